The number of hydrogen-bond acceptors (Lipinski definition) is 5. The van der Waals surface area contributed by atoms with Crippen molar-refractivity contribution in [3.63, 3.8) is 0 Å². The number of carbonyl (C=O) groups excluding carboxylic acids is 1. The van der Waals surface area contributed by atoms with E-state index in [2.05, 4.69) is 4.98 Å². The average molecular weight is 343 g/mol. The number of rotatable bonds is 2. The molecule has 1 fully saturated rings. The molecule has 0 saturated carbocycles. The van der Waals surface area contributed by atoms with Crippen molar-refractivity contribution >= 4 is 22.2 Å². The average Bonchev–Trinajstić information content (AvgIpc) is 3.23. The number of furan rings is 1. The number of nitrogens with zero attached hydrogens (tertiary/aromatic N) is 3. The number of amides is 1. The highest BCUT2D eigenvalue weighted by molar-refractivity contribution is 7.15. The Morgan fingerprint density at radius 3 is 3.08 bits per heavy atom. The summed E-state index contributed by atoms with van der Waals surface area (Å²) in [5.74, 6) is 0.506. The molecule has 0 spiro atoms. The lowest BCUT2D eigenvalue weighted by Gasteiger charge is -2.28. The van der Waals surface area contributed by atoms with Gasteiger partial charge >= 0.3 is 0 Å². The second-order valence-corrected chi connectivity index (χ2v) is 6.78. The lowest BCUT2D eigenvalue weighted by Crippen LogP contribution is -2.38. The van der Waals surface area contributed by atoms with Gasteiger partial charge in [0.25, 0.3) is 11.5 Å². The number of thiazole rings is 1. The number of aromatic nitrogens is 2. The topological polar surface area (TPSA) is 67.8 Å². The Morgan fingerprint density at radius 2 is 2.25 bits per heavy atom. The van der Waals surface area contributed by atoms with Crippen molar-refractivity contribution < 1.29 is 9.21 Å². The van der Waals surface area contributed by atoms with Crippen LogP contribution in [0.2, 0.25) is 0 Å². The maximum atomic E-state index is 13.1. The highest BCUT2D eigenvalue weighted by atomic mass is 32.1. The highest BCUT2D eigenvalue weighted by Crippen LogP contribution is 2.31. The number of carbonyl (C=O) groups is 1. The normalized spacial score (nSPS) is 18.7. The van der Waals surface area contributed by atoms with Crippen molar-refractivity contribution in [1.82, 2.24) is 14.3 Å². The Bertz CT molecular complexity index is 913. The molecule has 1 amide bonds. The monoisotopic (exact) mass is 343 g/mol. The molecule has 0 aliphatic carbocycles. The molecule has 1 atom stereocenters. The predicted octanol–water partition coefficient (Wildman–Crippen LogP) is 3.11. The minimum atomic E-state index is -0.311. The molecule has 24 heavy (non-hydrogen) atoms. The quantitative estimate of drug-likeness (QED) is 0.717. The lowest BCUT2D eigenvalue weighted by molar-refractivity contribution is 0.0656. The summed E-state index contributed by atoms with van der Waals surface area (Å²) in [6.45, 7) is 0.621. The first-order valence-corrected chi connectivity index (χ1v) is 8.93. The second kappa shape index (κ2) is 6.24. The van der Waals surface area contributed by atoms with E-state index in [1.165, 1.54) is 21.9 Å². The minimum absolute atomic E-state index is 0.115. The largest absolute Gasteiger partial charge is 0.467 e. The summed E-state index contributed by atoms with van der Waals surface area (Å²) in [5.41, 5.74) is -0.196. The van der Waals surface area contributed by atoms with Gasteiger partial charge in [-0.25, -0.2) is 4.98 Å². The lowest BCUT2D eigenvalue weighted by atomic mass is 10.1. The van der Waals surface area contributed by atoms with Crippen LogP contribution >= 0.6 is 11.3 Å². The van der Waals surface area contributed by atoms with Crippen LogP contribution in [0.25, 0.3) is 4.96 Å². The molecule has 7 heteroatoms. The fraction of sp³-hybridized carbons (Fsp3) is 0.353. The number of hydrogen-bond donors (Lipinski definition) is 0. The summed E-state index contributed by atoms with van der Waals surface area (Å²) in [5, 5.41) is 1.79. The van der Waals surface area contributed by atoms with Crippen molar-refractivity contribution in [1.29, 1.82) is 0 Å². The molecule has 6 nitrogen and oxygen atoms in total. The Morgan fingerprint density at radius 1 is 1.33 bits per heavy atom. The van der Waals surface area contributed by atoms with E-state index >= 15 is 0 Å². The van der Waals surface area contributed by atoms with Gasteiger partial charge in [0.05, 0.1) is 12.3 Å². The molecule has 1 aliphatic heterocycles. The van der Waals surface area contributed by atoms with Crippen LogP contribution in [-0.4, -0.2) is 26.7 Å². The summed E-state index contributed by atoms with van der Waals surface area (Å²) in [4.78, 5) is 32.3. The van der Waals surface area contributed by atoms with Gasteiger partial charge in [-0.2, -0.15) is 0 Å². The van der Waals surface area contributed by atoms with Gasteiger partial charge in [-0.15, -0.1) is 11.3 Å². The maximum absolute atomic E-state index is 13.1. The zero-order valence-electron chi connectivity index (χ0n) is 13.1. The molecule has 0 bridgehead atoms. The molecule has 124 valence electrons. The predicted molar refractivity (Wildman–Crippen MR) is 90.3 cm³/mol. The van der Waals surface area contributed by atoms with E-state index in [0.717, 1.165) is 31.4 Å². The third-order valence-electron chi connectivity index (χ3n) is 4.46. The van der Waals surface area contributed by atoms with E-state index in [1.807, 2.05) is 12.1 Å². The molecule has 0 radical (unpaired) electrons. The van der Waals surface area contributed by atoms with Crippen molar-refractivity contribution in [3.8, 4) is 0 Å². The third-order valence-corrected chi connectivity index (χ3v) is 5.23. The van der Waals surface area contributed by atoms with Gasteiger partial charge < -0.3 is 9.32 Å². The van der Waals surface area contributed by atoms with E-state index in [-0.39, 0.29) is 23.1 Å². The smallest absolute Gasteiger partial charge is 0.271 e. The molecule has 4 heterocycles. The van der Waals surface area contributed by atoms with Crippen LogP contribution in [0.4, 0.5) is 0 Å². The zero-order valence-corrected chi connectivity index (χ0v) is 13.9. The van der Waals surface area contributed by atoms with Gasteiger partial charge in [0, 0.05) is 24.3 Å². The molecule has 1 aliphatic rings. The highest BCUT2D eigenvalue weighted by Gasteiger charge is 2.31. The maximum Gasteiger partial charge on any atom is 0.271 e. The summed E-state index contributed by atoms with van der Waals surface area (Å²) in [6, 6.07) is 3.60. The Labute approximate surface area is 142 Å². The zero-order chi connectivity index (χ0) is 16.5. The molecular weight excluding hydrogens is 326 g/mol. The van der Waals surface area contributed by atoms with Crippen LogP contribution in [-0.2, 0) is 0 Å². The van der Waals surface area contributed by atoms with Crippen molar-refractivity contribution in [2.45, 2.75) is 31.7 Å². The van der Waals surface area contributed by atoms with E-state index in [4.69, 9.17) is 4.42 Å². The molecule has 1 saturated heterocycles. The summed E-state index contributed by atoms with van der Waals surface area (Å²) in [7, 11) is 0. The Hall–Kier alpha value is -2.41. The fourth-order valence-corrected chi connectivity index (χ4v) is 3.93. The molecular formula is C17H17N3O3S. The van der Waals surface area contributed by atoms with Gasteiger partial charge in [0.1, 0.15) is 11.3 Å². The molecule has 3 aromatic rings. The number of likely N-dealkylation sites (tertiary alicyclic amines) is 1. The second-order valence-electron chi connectivity index (χ2n) is 5.91. The van der Waals surface area contributed by atoms with E-state index < -0.39 is 0 Å². The van der Waals surface area contributed by atoms with Crippen molar-refractivity contribution in [3.05, 3.63) is 57.8 Å². The van der Waals surface area contributed by atoms with Crippen LogP contribution < -0.4 is 5.56 Å². The van der Waals surface area contributed by atoms with Gasteiger partial charge in [-0.05, 0) is 25.0 Å². The number of fused-ring (bicyclic) bond motifs is 1. The van der Waals surface area contributed by atoms with Gasteiger partial charge in [-0.3, -0.25) is 14.0 Å². The fourth-order valence-electron chi connectivity index (χ4n) is 3.25. The summed E-state index contributed by atoms with van der Waals surface area (Å²) in [6.07, 6.45) is 8.56. The van der Waals surface area contributed by atoms with E-state index in [9.17, 15) is 9.59 Å². The molecule has 3 aromatic heterocycles. The first-order chi connectivity index (χ1) is 11.8. The molecule has 0 aromatic carbocycles. The van der Waals surface area contributed by atoms with Crippen LogP contribution in [0.15, 0.2) is 45.4 Å². The van der Waals surface area contributed by atoms with Gasteiger partial charge in [0.2, 0.25) is 0 Å². The van der Waals surface area contributed by atoms with Crippen LogP contribution in [0, 0.1) is 0 Å². The van der Waals surface area contributed by atoms with Gasteiger partial charge in [0.15, 0.2) is 4.96 Å². The minimum Gasteiger partial charge on any atom is -0.467 e. The first kappa shape index (κ1) is 15.1. The van der Waals surface area contributed by atoms with Gasteiger partial charge in [-0.1, -0.05) is 12.8 Å². The molecule has 0 N–H and O–H groups in total. The summed E-state index contributed by atoms with van der Waals surface area (Å²) >= 11 is 1.37. The Kier molecular flexibility index (Phi) is 3.93. The van der Waals surface area contributed by atoms with E-state index in [1.54, 1.807) is 22.7 Å². The summed E-state index contributed by atoms with van der Waals surface area (Å²) < 4.78 is 6.97. The SMILES string of the molecule is O=C(c1cnc2sccn2c1=O)N1CCCCCC1c1ccco1. The van der Waals surface area contributed by atoms with E-state index in [0.29, 0.717) is 11.5 Å². The molecule has 1 unspecified atom stereocenters. The van der Waals surface area contributed by atoms with Crippen molar-refractivity contribution in [2.75, 3.05) is 6.54 Å². The van der Waals surface area contributed by atoms with Crippen molar-refractivity contribution in [2.24, 2.45) is 0 Å². The van der Waals surface area contributed by atoms with Crippen LogP contribution in [0.5, 0.6) is 0 Å². The standard InChI is InChI=1S/C17H17N3O3S/c21-15(12-11-18-17-20(16(12)22)8-10-24-17)19-7-3-1-2-5-13(19)14-6-4-9-23-14/h4,6,8-11,13H,1-3,5,7H2. The Balaban J connectivity index is 1.74. The van der Waals surface area contributed by atoms with Crippen LogP contribution in [0.3, 0.4) is 0 Å². The first-order valence-electron chi connectivity index (χ1n) is 8.05. The molecule has 4 rings (SSSR count). The van der Waals surface area contributed by atoms with Crippen LogP contribution in [0.1, 0.15) is 47.8 Å². The third kappa shape index (κ3) is 2.54.